The minimum atomic E-state index is 0.145. The van der Waals surface area contributed by atoms with Gasteiger partial charge in [0.1, 0.15) is 0 Å². The minimum Gasteiger partial charge on any atom is -0.396 e. The molecule has 0 spiro atoms. The summed E-state index contributed by atoms with van der Waals surface area (Å²) in [6, 6.07) is 0.387. The molecule has 0 bridgehead atoms. The summed E-state index contributed by atoms with van der Waals surface area (Å²) in [5, 5.41) is 9.11. The van der Waals surface area contributed by atoms with Gasteiger partial charge in [0.25, 0.3) is 0 Å². The number of amides is 1. The van der Waals surface area contributed by atoms with Crippen LogP contribution in [0.1, 0.15) is 26.2 Å². The van der Waals surface area contributed by atoms with Crippen molar-refractivity contribution in [3.05, 3.63) is 0 Å². The van der Waals surface area contributed by atoms with Crippen molar-refractivity contribution in [3.8, 4) is 0 Å². The van der Waals surface area contributed by atoms with Crippen molar-refractivity contribution >= 4 is 5.91 Å². The van der Waals surface area contributed by atoms with Crippen LogP contribution in [0, 0.1) is 5.92 Å². The monoisotopic (exact) mass is 226 g/mol. The first-order chi connectivity index (χ1) is 7.74. The molecule has 0 radical (unpaired) electrons. The Bertz CT molecular complexity index is 257. The van der Waals surface area contributed by atoms with Crippen molar-refractivity contribution in [2.45, 2.75) is 32.2 Å². The lowest BCUT2D eigenvalue weighted by Gasteiger charge is -2.37. The molecule has 2 aliphatic rings. The Hall–Kier alpha value is -0.610. The van der Waals surface area contributed by atoms with E-state index in [-0.39, 0.29) is 18.4 Å². The topological polar surface area (TPSA) is 43.8 Å². The van der Waals surface area contributed by atoms with Crippen molar-refractivity contribution in [1.82, 2.24) is 9.80 Å². The van der Waals surface area contributed by atoms with Gasteiger partial charge in [0.2, 0.25) is 5.91 Å². The Morgan fingerprint density at radius 3 is 2.88 bits per heavy atom. The predicted octanol–water partition coefficient (Wildman–Crippen LogP) is 0.311. The molecule has 0 aromatic carbocycles. The quantitative estimate of drug-likeness (QED) is 0.753. The molecule has 0 aromatic rings. The van der Waals surface area contributed by atoms with Gasteiger partial charge in [0, 0.05) is 38.1 Å². The standard InChI is InChI=1S/C12H22N2O2/c1-2-13-5-3-4-11(8-13)14-7-10(9-15)6-12(14)16/h10-11,15H,2-9H2,1H3. The number of rotatable bonds is 3. The Labute approximate surface area is 97.2 Å². The molecule has 2 heterocycles. The smallest absolute Gasteiger partial charge is 0.223 e. The largest absolute Gasteiger partial charge is 0.396 e. The molecule has 2 unspecified atom stereocenters. The van der Waals surface area contributed by atoms with Crippen LogP contribution in [0.2, 0.25) is 0 Å². The highest BCUT2D eigenvalue weighted by molar-refractivity contribution is 5.79. The lowest BCUT2D eigenvalue weighted by atomic mass is 10.0. The fraction of sp³-hybridized carbons (Fsp3) is 0.917. The Balaban J connectivity index is 1.94. The molecule has 0 aliphatic carbocycles. The summed E-state index contributed by atoms with van der Waals surface area (Å²) in [5.41, 5.74) is 0. The minimum absolute atomic E-state index is 0.145. The maximum absolute atomic E-state index is 11.8. The van der Waals surface area contributed by atoms with Gasteiger partial charge >= 0.3 is 0 Å². The van der Waals surface area contributed by atoms with Gasteiger partial charge < -0.3 is 14.9 Å². The van der Waals surface area contributed by atoms with Crippen molar-refractivity contribution in [3.63, 3.8) is 0 Å². The number of hydrogen-bond acceptors (Lipinski definition) is 3. The molecule has 2 fully saturated rings. The van der Waals surface area contributed by atoms with Crippen LogP contribution in [0.3, 0.4) is 0 Å². The molecular formula is C12H22N2O2. The Kier molecular flexibility index (Phi) is 3.82. The molecule has 16 heavy (non-hydrogen) atoms. The summed E-state index contributed by atoms with van der Waals surface area (Å²) < 4.78 is 0. The first-order valence-electron chi connectivity index (χ1n) is 6.37. The normalized spacial score (nSPS) is 32.4. The van der Waals surface area contributed by atoms with Crippen LogP contribution in [0.4, 0.5) is 0 Å². The van der Waals surface area contributed by atoms with E-state index in [1.54, 1.807) is 0 Å². The number of hydrogen-bond donors (Lipinski definition) is 1. The number of carbonyl (C=O) groups is 1. The first kappa shape index (κ1) is 11.9. The van der Waals surface area contributed by atoms with Crippen LogP contribution in [0.25, 0.3) is 0 Å². The lowest BCUT2D eigenvalue weighted by molar-refractivity contribution is -0.130. The van der Waals surface area contributed by atoms with E-state index >= 15 is 0 Å². The van der Waals surface area contributed by atoms with Crippen molar-refractivity contribution in [1.29, 1.82) is 0 Å². The summed E-state index contributed by atoms with van der Waals surface area (Å²) in [6.45, 7) is 6.33. The van der Waals surface area contributed by atoms with Crippen molar-refractivity contribution in [2.75, 3.05) is 32.8 Å². The maximum atomic E-state index is 11.8. The highest BCUT2D eigenvalue weighted by Crippen LogP contribution is 2.24. The average Bonchev–Trinajstić information content (AvgIpc) is 2.71. The van der Waals surface area contributed by atoms with Gasteiger partial charge in [-0.3, -0.25) is 4.79 Å². The SMILES string of the molecule is CCN1CCCC(N2CC(CO)CC2=O)C1. The van der Waals surface area contributed by atoms with Gasteiger partial charge in [-0.1, -0.05) is 6.92 Å². The summed E-state index contributed by atoms with van der Waals surface area (Å²) in [4.78, 5) is 16.2. The van der Waals surface area contributed by atoms with Crippen LogP contribution in [-0.4, -0.2) is 59.6 Å². The average molecular weight is 226 g/mol. The van der Waals surface area contributed by atoms with Crippen LogP contribution < -0.4 is 0 Å². The molecule has 4 nitrogen and oxygen atoms in total. The zero-order chi connectivity index (χ0) is 11.5. The lowest BCUT2D eigenvalue weighted by Crippen LogP contribution is -2.48. The molecule has 2 atom stereocenters. The van der Waals surface area contributed by atoms with Gasteiger partial charge in [-0.05, 0) is 25.9 Å². The Morgan fingerprint density at radius 2 is 2.25 bits per heavy atom. The highest BCUT2D eigenvalue weighted by Gasteiger charge is 2.35. The van der Waals surface area contributed by atoms with Gasteiger partial charge in [-0.25, -0.2) is 0 Å². The molecule has 92 valence electrons. The van der Waals surface area contributed by atoms with Crippen LogP contribution in [-0.2, 0) is 4.79 Å². The summed E-state index contributed by atoms with van der Waals surface area (Å²) in [6.07, 6.45) is 2.85. The number of nitrogens with zero attached hydrogens (tertiary/aromatic N) is 2. The Morgan fingerprint density at radius 1 is 1.44 bits per heavy atom. The third kappa shape index (κ3) is 2.38. The number of piperidine rings is 1. The number of aliphatic hydroxyl groups excluding tert-OH is 1. The van der Waals surface area contributed by atoms with Gasteiger partial charge in [-0.2, -0.15) is 0 Å². The molecular weight excluding hydrogens is 204 g/mol. The van der Waals surface area contributed by atoms with E-state index in [4.69, 9.17) is 5.11 Å². The van der Waals surface area contributed by atoms with E-state index in [9.17, 15) is 4.79 Å². The van der Waals surface area contributed by atoms with Gasteiger partial charge in [0.05, 0.1) is 0 Å². The number of likely N-dealkylation sites (N-methyl/N-ethyl adjacent to an activating group) is 1. The number of carbonyl (C=O) groups excluding carboxylic acids is 1. The fourth-order valence-corrected chi connectivity index (χ4v) is 2.86. The predicted molar refractivity (Wildman–Crippen MR) is 62.0 cm³/mol. The second kappa shape index (κ2) is 5.15. The van der Waals surface area contributed by atoms with Crippen LogP contribution >= 0.6 is 0 Å². The van der Waals surface area contributed by atoms with E-state index in [2.05, 4.69) is 11.8 Å². The van der Waals surface area contributed by atoms with Crippen LogP contribution in [0.15, 0.2) is 0 Å². The van der Waals surface area contributed by atoms with E-state index in [0.29, 0.717) is 12.5 Å². The van der Waals surface area contributed by atoms with E-state index < -0.39 is 0 Å². The van der Waals surface area contributed by atoms with Gasteiger partial charge in [0.15, 0.2) is 0 Å². The van der Waals surface area contributed by atoms with E-state index in [1.807, 2.05) is 4.90 Å². The summed E-state index contributed by atoms with van der Waals surface area (Å²) in [5.74, 6) is 0.409. The molecule has 2 saturated heterocycles. The van der Waals surface area contributed by atoms with Crippen molar-refractivity contribution in [2.24, 2.45) is 5.92 Å². The molecule has 2 rings (SSSR count). The molecule has 1 N–H and O–H groups in total. The molecule has 0 aromatic heterocycles. The molecule has 4 heteroatoms. The highest BCUT2D eigenvalue weighted by atomic mass is 16.3. The van der Waals surface area contributed by atoms with E-state index in [1.165, 1.54) is 13.0 Å². The third-order valence-corrected chi connectivity index (χ3v) is 3.87. The van der Waals surface area contributed by atoms with Gasteiger partial charge in [-0.15, -0.1) is 0 Å². The second-order valence-electron chi connectivity index (χ2n) is 4.99. The zero-order valence-corrected chi connectivity index (χ0v) is 10.1. The van der Waals surface area contributed by atoms with Crippen LogP contribution in [0.5, 0.6) is 0 Å². The van der Waals surface area contributed by atoms with Crippen molar-refractivity contribution < 1.29 is 9.90 Å². The number of likely N-dealkylation sites (tertiary alicyclic amines) is 2. The fourth-order valence-electron chi connectivity index (χ4n) is 2.86. The van der Waals surface area contributed by atoms with E-state index in [0.717, 1.165) is 26.1 Å². The number of aliphatic hydroxyl groups is 1. The maximum Gasteiger partial charge on any atom is 0.223 e. The first-order valence-corrected chi connectivity index (χ1v) is 6.37. The summed E-state index contributed by atoms with van der Waals surface area (Å²) >= 11 is 0. The summed E-state index contributed by atoms with van der Waals surface area (Å²) in [7, 11) is 0. The zero-order valence-electron chi connectivity index (χ0n) is 10.1. The third-order valence-electron chi connectivity index (χ3n) is 3.87. The molecule has 1 amide bonds. The molecule has 0 saturated carbocycles. The second-order valence-corrected chi connectivity index (χ2v) is 4.99. The molecule has 2 aliphatic heterocycles.